The van der Waals surface area contributed by atoms with Crippen LogP contribution in [0.4, 0.5) is 5.69 Å². The number of nitrogens with zero attached hydrogens (tertiary/aromatic N) is 1. The predicted octanol–water partition coefficient (Wildman–Crippen LogP) is 3.66. The molecule has 7 nitrogen and oxygen atoms in total. The lowest BCUT2D eigenvalue weighted by Crippen LogP contribution is -2.20. The minimum absolute atomic E-state index is 0.0341. The minimum Gasteiger partial charge on any atom is -0.493 e. The van der Waals surface area contributed by atoms with Crippen LogP contribution in [-0.4, -0.2) is 31.7 Å². The second-order valence-corrected chi connectivity index (χ2v) is 6.43. The molecule has 0 saturated heterocycles. The Balaban J connectivity index is 1.84. The van der Waals surface area contributed by atoms with Gasteiger partial charge in [0.2, 0.25) is 11.8 Å². The first kappa shape index (κ1) is 21.9. The molecule has 0 saturated carbocycles. The molecule has 0 bridgehead atoms. The minimum atomic E-state index is -0.348. The van der Waals surface area contributed by atoms with Gasteiger partial charge in [-0.25, -0.2) is 5.43 Å². The van der Waals surface area contributed by atoms with Crippen molar-refractivity contribution >= 4 is 23.7 Å². The Morgan fingerprint density at radius 1 is 1.07 bits per heavy atom. The summed E-state index contributed by atoms with van der Waals surface area (Å²) in [5.41, 5.74) is 4.94. The molecule has 0 atom stereocenters. The highest BCUT2D eigenvalue weighted by atomic mass is 16.5. The molecule has 0 aliphatic carbocycles. The molecular formula is C22H27N3O4. The molecule has 7 heteroatoms. The highest BCUT2D eigenvalue weighted by molar-refractivity contribution is 5.93. The van der Waals surface area contributed by atoms with E-state index in [4.69, 9.17) is 9.47 Å². The average Bonchev–Trinajstić information content (AvgIpc) is 2.72. The van der Waals surface area contributed by atoms with Gasteiger partial charge in [0.15, 0.2) is 11.5 Å². The lowest BCUT2D eigenvalue weighted by molar-refractivity contribution is -0.124. The first-order chi connectivity index (χ1) is 14.0. The Hall–Kier alpha value is -3.35. The Bertz CT molecular complexity index is 848. The van der Waals surface area contributed by atoms with Gasteiger partial charge in [-0.05, 0) is 37.6 Å². The topological polar surface area (TPSA) is 89.0 Å². The largest absolute Gasteiger partial charge is 0.493 e. The fourth-order valence-electron chi connectivity index (χ4n) is 2.47. The number of rotatable bonds is 10. The maximum absolute atomic E-state index is 12.0. The third-order valence-corrected chi connectivity index (χ3v) is 3.99. The lowest BCUT2D eigenvalue weighted by atomic mass is 10.2. The second-order valence-electron chi connectivity index (χ2n) is 6.43. The number of carbonyl (C=O) groups is 2. The third kappa shape index (κ3) is 7.29. The summed E-state index contributed by atoms with van der Waals surface area (Å²) in [5.74, 6) is 0.601. The zero-order valence-electron chi connectivity index (χ0n) is 17.0. The van der Waals surface area contributed by atoms with Gasteiger partial charge in [-0.2, -0.15) is 5.10 Å². The first-order valence-corrected chi connectivity index (χ1v) is 9.51. The highest BCUT2D eigenvalue weighted by Crippen LogP contribution is 2.30. The number of aryl methyl sites for hydroxylation is 1. The Morgan fingerprint density at radius 3 is 2.48 bits per heavy atom. The highest BCUT2D eigenvalue weighted by Gasteiger charge is 2.10. The van der Waals surface area contributed by atoms with Gasteiger partial charge in [0.25, 0.3) is 0 Å². The standard InChI is InChI=1S/C22H27N3O4/c1-4-14-29-22-17(6-5-7-19(22)28-3)15-23-25-21(27)13-12-20(26)24-18-10-8-16(2)9-11-18/h5-11,15H,4,12-14H2,1-3H3,(H,24,26)(H,25,27). The van der Waals surface area contributed by atoms with Crippen LogP contribution < -0.4 is 20.2 Å². The number of anilines is 1. The molecule has 0 aliphatic heterocycles. The molecule has 0 heterocycles. The van der Waals surface area contributed by atoms with Crippen molar-refractivity contribution in [3.05, 3.63) is 53.6 Å². The Labute approximate surface area is 171 Å². The van der Waals surface area contributed by atoms with Gasteiger partial charge in [0, 0.05) is 24.1 Å². The van der Waals surface area contributed by atoms with Crippen LogP contribution >= 0.6 is 0 Å². The molecule has 2 rings (SSSR count). The molecule has 0 radical (unpaired) electrons. The van der Waals surface area contributed by atoms with E-state index in [1.807, 2.05) is 50.2 Å². The first-order valence-electron chi connectivity index (χ1n) is 9.51. The second kappa shape index (κ2) is 11.5. The molecule has 0 fully saturated rings. The molecule has 2 aromatic rings. The third-order valence-electron chi connectivity index (χ3n) is 3.99. The number of methoxy groups -OCH3 is 1. The summed E-state index contributed by atoms with van der Waals surface area (Å²) in [6.07, 6.45) is 2.46. The fourth-order valence-corrected chi connectivity index (χ4v) is 2.47. The summed E-state index contributed by atoms with van der Waals surface area (Å²) in [4.78, 5) is 23.9. The molecule has 29 heavy (non-hydrogen) atoms. The van der Waals surface area contributed by atoms with E-state index in [2.05, 4.69) is 15.8 Å². The summed E-state index contributed by atoms with van der Waals surface area (Å²) in [5, 5.41) is 6.72. The SMILES string of the molecule is CCCOc1c(C=NNC(=O)CCC(=O)Nc2ccc(C)cc2)cccc1OC. The summed E-state index contributed by atoms with van der Waals surface area (Å²) in [6, 6.07) is 12.9. The normalized spacial score (nSPS) is 10.6. The van der Waals surface area contributed by atoms with E-state index in [9.17, 15) is 9.59 Å². The number of carbonyl (C=O) groups excluding carboxylic acids is 2. The smallest absolute Gasteiger partial charge is 0.240 e. The molecular weight excluding hydrogens is 370 g/mol. The molecule has 2 aromatic carbocycles. The van der Waals surface area contributed by atoms with Gasteiger partial charge in [0.05, 0.1) is 19.9 Å². The number of para-hydroxylation sites is 1. The van der Waals surface area contributed by atoms with Crippen LogP contribution in [0.5, 0.6) is 11.5 Å². The zero-order chi connectivity index (χ0) is 21.1. The van der Waals surface area contributed by atoms with E-state index in [0.29, 0.717) is 29.4 Å². The van der Waals surface area contributed by atoms with Crippen LogP contribution in [0.2, 0.25) is 0 Å². The van der Waals surface area contributed by atoms with E-state index in [1.54, 1.807) is 13.2 Å². The van der Waals surface area contributed by atoms with Crippen molar-refractivity contribution in [3.63, 3.8) is 0 Å². The van der Waals surface area contributed by atoms with Crippen molar-refractivity contribution in [2.24, 2.45) is 5.10 Å². The summed E-state index contributed by atoms with van der Waals surface area (Å²) < 4.78 is 11.0. The van der Waals surface area contributed by atoms with Gasteiger partial charge in [0.1, 0.15) is 0 Å². The van der Waals surface area contributed by atoms with Gasteiger partial charge in [-0.15, -0.1) is 0 Å². The van der Waals surface area contributed by atoms with E-state index >= 15 is 0 Å². The van der Waals surface area contributed by atoms with E-state index < -0.39 is 0 Å². The van der Waals surface area contributed by atoms with Crippen LogP contribution in [0.15, 0.2) is 47.6 Å². The van der Waals surface area contributed by atoms with Crippen molar-refractivity contribution in [3.8, 4) is 11.5 Å². The van der Waals surface area contributed by atoms with Crippen molar-refractivity contribution in [1.29, 1.82) is 0 Å². The van der Waals surface area contributed by atoms with Crippen LogP contribution in [-0.2, 0) is 9.59 Å². The number of ether oxygens (including phenoxy) is 2. The lowest BCUT2D eigenvalue weighted by Gasteiger charge is -2.12. The molecule has 2 amide bonds. The number of benzene rings is 2. The van der Waals surface area contributed by atoms with Crippen LogP contribution in [0.25, 0.3) is 0 Å². The number of amides is 2. The van der Waals surface area contributed by atoms with Gasteiger partial charge in [-0.3, -0.25) is 9.59 Å². The maximum atomic E-state index is 12.0. The summed E-state index contributed by atoms with van der Waals surface area (Å²) in [6.45, 7) is 4.53. The fraction of sp³-hybridized carbons (Fsp3) is 0.318. The Kier molecular flexibility index (Phi) is 8.69. The number of hydrazone groups is 1. The Morgan fingerprint density at radius 2 is 1.79 bits per heavy atom. The summed E-state index contributed by atoms with van der Waals surface area (Å²) >= 11 is 0. The van der Waals surface area contributed by atoms with Crippen molar-refractivity contribution in [2.75, 3.05) is 19.0 Å². The maximum Gasteiger partial charge on any atom is 0.240 e. The van der Waals surface area contributed by atoms with Crippen molar-refractivity contribution in [2.45, 2.75) is 33.1 Å². The molecule has 2 N–H and O–H groups in total. The molecule has 154 valence electrons. The number of nitrogens with one attached hydrogen (secondary N) is 2. The van der Waals surface area contributed by atoms with Crippen molar-refractivity contribution < 1.29 is 19.1 Å². The van der Waals surface area contributed by atoms with Crippen LogP contribution in [0.3, 0.4) is 0 Å². The van der Waals surface area contributed by atoms with E-state index in [-0.39, 0.29) is 24.7 Å². The van der Waals surface area contributed by atoms with Gasteiger partial charge < -0.3 is 14.8 Å². The number of hydrogen-bond acceptors (Lipinski definition) is 5. The predicted molar refractivity (Wildman–Crippen MR) is 114 cm³/mol. The van der Waals surface area contributed by atoms with E-state index in [0.717, 1.165) is 12.0 Å². The molecule has 0 unspecified atom stereocenters. The molecule has 0 spiro atoms. The van der Waals surface area contributed by atoms with Gasteiger partial charge in [-0.1, -0.05) is 30.7 Å². The van der Waals surface area contributed by atoms with Crippen LogP contribution in [0, 0.1) is 6.92 Å². The monoisotopic (exact) mass is 397 g/mol. The van der Waals surface area contributed by atoms with Crippen LogP contribution in [0.1, 0.15) is 37.3 Å². The summed E-state index contributed by atoms with van der Waals surface area (Å²) in [7, 11) is 1.57. The number of hydrogen-bond donors (Lipinski definition) is 2. The van der Waals surface area contributed by atoms with Gasteiger partial charge >= 0.3 is 0 Å². The van der Waals surface area contributed by atoms with Crippen molar-refractivity contribution in [1.82, 2.24) is 5.43 Å². The average molecular weight is 397 g/mol. The zero-order valence-corrected chi connectivity index (χ0v) is 17.0. The van der Waals surface area contributed by atoms with E-state index in [1.165, 1.54) is 6.21 Å². The molecule has 0 aliphatic rings. The quantitative estimate of drug-likeness (QED) is 0.473. The molecule has 0 aromatic heterocycles.